The van der Waals surface area contributed by atoms with E-state index in [1.54, 1.807) is 11.9 Å². The number of rotatable bonds is 4. The van der Waals surface area contributed by atoms with E-state index in [0.29, 0.717) is 45.2 Å². The SMILES string of the molecule is CCCC1(C(=O)O)CCCN1C(=O)NC1CCN(C)C1=O. The highest BCUT2D eigenvalue weighted by Crippen LogP contribution is 2.34. The Labute approximate surface area is 124 Å². The molecule has 0 spiro atoms. The molecule has 0 saturated carbocycles. The van der Waals surface area contributed by atoms with Gasteiger partial charge in [0.2, 0.25) is 5.91 Å². The molecular formula is C14H23N3O4. The molecule has 0 bridgehead atoms. The van der Waals surface area contributed by atoms with Gasteiger partial charge in [-0.3, -0.25) is 4.79 Å². The molecular weight excluding hydrogens is 274 g/mol. The summed E-state index contributed by atoms with van der Waals surface area (Å²) in [6.45, 7) is 2.95. The van der Waals surface area contributed by atoms with Crippen molar-refractivity contribution in [3.63, 3.8) is 0 Å². The second kappa shape index (κ2) is 5.91. The van der Waals surface area contributed by atoms with Crippen LogP contribution in [0, 0.1) is 0 Å². The summed E-state index contributed by atoms with van der Waals surface area (Å²) in [6.07, 6.45) is 2.86. The molecule has 2 unspecified atom stereocenters. The third kappa shape index (κ3) is 2.69. The summed E-state index contributed by atoms with van der Waals surface area (Å²) < 4.78 is 0. The summed E-state index contributed by atoms with van der Waals surface area (Å²) in [5.41, 5.74) is -1.12. The molecule has 0 aliphatic carbocycles. The van der Waals surface area contributed by atoms with Crippen molar-refractivity contribution in [2.45, 2.75) is 50.6 Å². The number of carbonyl (C=O) groups is 3. The average molecular weight is 297 g/mol. The molecule has 2 heterocycles. The minimum Gasteiger partial charge on any atom is -0.479 e. The van der Waals surface area contributed by atoms with Crippen molar-refractivity contribution in [1.82, 2.24) is 15.1 Å². The van der Waals surface area contributed by atoms with Crippen molar-refractivity contribution in [2.75, 3.05) is 20.1 Å². The number of likely N-dealkylation sites (N-methyl/N-ethyl adjacent to an activating group) is 1. The van der Waals surface area contributed by atoms with Gasteiger partial charge in [-0.15, -0.1) is 0 Å². The van der Waals surface area contributed by atoms with Gasteiger partial charge in [0.25, 0.3) is 0 Å². The number of nitrogens with zero attached hydrogens (tertiary/aromatic N) is 2. The molecule has 2 rings (SSSR count). The van der Waals surface area contributed by atoms with E-state index in [1.165, 1.54) is 4.90 Å². The van der Waals surface area contributed by atoms with Crippen LogP contribution >= 0.6 is 0 Å². The first kappa shape index (κ1) is 15.6. The highest BCUT2D eigenvalue weighted by molar-refractivity contribution is 5.91. The van der Waals surface area contributed by atoms with Gasteiger partial charge in [-0.1, -0.05) is 13.3 Å². The lowest BCUT2D eigenvalue weighted by Crippen LogP contribution is -2.58. The minimum absolute atomic E-state index is 0.112. The van der Waals surface area contributed by atoms with Gasteiger partial charge < -0.3 is 20.2 Å². The van der Waals surface area contributed by atoms with E-state index in [-0.39, 0.29) is 5.91 Å². The molecule has 0 radical (unpaired) electrons. The predicted octanol–water partition coefficient (Wildman–Crippen LogP) is 0.646. The average Bonchev–Trinajstić information content (AvgIpc) is 2.99. The zero-order chi connectivity index (χ0) is 15.6. The van der Waals surface area contributed by atoms with Crippen LogP contribution in [0.3, 0.4) is 0 Å². The van der Waals surface area contributed by atoms with E-state index in [9.17, 15) is 19.5 Å². The summed E-state index contributed by atoms with van der Waals surface area (Å²) in [7, 11) is 1.70. The summed E-state index contributed by atoms with van der Waals surface area (Å²) >= 11 is 0. The lowest BCUT2D eigenvalue weighted by molar-refractivity contribution is -0.148. The van der Waals surface area contributed by atoms with Crippen LogP contribution in [0.2, 0.25) is 0 Å². The van der Waals surface area contributed by atoms with Crippen LogP contribution in [-0.4, -0.2) is 64.5 Å². The van der Waals surface area contributed by atoms with Crippen molar-refractivity contribution in [2.24, 2.45) is 0 Å². The van der Waals surface area contributed by atoms with Crippen molar-refractivity contribution in [3.05, 3.63) is 0 Å². The van der Waals surface area contributed by atoms with Crippen LogP contribution in [0.25, 0.3) is 0 Å². The number of carboxylic acids is 1. The van der Waals surface area contributed by atoms with E-state index in [0.717, 1.165) is 0 Å². The summed E-state index contributed by atoms with van der Waals surface area (Å²) in [5.74, 6) is -1.06. The van der Waals surface area contributed by atoms with Gasteiger partial charge >= 0.3 is 12.0 Å². The molecule has 0 aromatic heterocycles. The number of nitrogens with one attached hydrogen (secondary N) is 1. The molecule has 2 N–H and O–H groups in total. The van der Waals surface area contributed by atoms with E-state index in [1.807, 2.05) is 6.92 Å². The van der Waals surface area contributed by atoms with E-state index < -0.39 is 23.6 Å². The lowest BCUT2D eigenvalue weighted by Gasteiger charge is -2.35. The van der Waals surface area contributed by atoms with Crippen LogP contribution in [0.15, 0.2) is 0 Å². The van der Waals surface area contributed by atoms with E-state index in [2.05, 4.69) is 5.32 Å². The molecule has 2 aliphatic rings. The van der Waals surface area contributed by atoms with Gasteiger partial charge in [-0.05, 0) is 25.7 Å². The Hall–Kier alpha value is -1.79. The molecule has 2 saturated heterocycles. The Morgan fingerprint density at radius 3 is 2.67 bits per heavy atom. The monoisotopic (exact) mass is 297 g/mol. The predicted molar refractivity (Wildman–Crippen MR) is 75.8 cm³/mol. The van der Waals surface area contributed by atoms with Gasteiger partial charge in [-0.25, -0.2) is 9.59 Å². The molecule has 0 aromatic rings. The number of carbonyl (C=O) groups excluding carboxylic acids is 2. The highest BCUT2D eigenvalue weighted by Gasteiger charge is 2.49. The summed E-state index contributed by atoms with van der Waals surface area (Å²) in [4.78, 5) is 38.9. The summed E-state index contributed by atoms with van der Waals surface area (Å²) in [5, 5.41) is 12.3. The molecule has 7 heteroatoms. The quantitative estimate of drug-likeness (QED) is 0.797. The minimum atomic E-state index is -1.12. The van der Waals surface area contributed by atoms with Crippen LogP contribution in [-0.2, 0) is 9.59 Å². The fourth-order valence-electron chi connectivity index (χ4n) is 3.36. The number of hydrogen-bond acceptors (Lipinski definition) is 3. The fraction of sp³-hybridized carbons (Fsp3) is 0.786. The third-order valence-corrected chi connectivity index (χ3v) is 4.52. The number of urea groups is 1. The third-order valence-electron chi connectivity index (χ3n) is 4.52. The number of likely N-dealkylation sites (tertiary alicyclic amines) is 2. The maximum Gasteiger partial charge on any atom is 0.329 e. The maximum absolute atomic E-state index is 12.4. The van der Waals surface area contributed by atoms with E-state index >= 15 is 0 Å². The molecule has 2 aliphatic heterocycles. The Morgan fingerprint density at radius 1 is 1.43 bits per heavy atom. The highest BCUT2D eigenvalue weighted by atomic mass is 16.4. The Morgan fingerprint density at radius 2 is 2.14 bits per heavy atom. The number of carboxylic acid groups (broad SMARTS) is 1. The number of hydrogen-bond donors (Lipinski definition) is 2. The van der Waals surface area contributed by atoms with E-state index in [4.69, 9.17) is 0 Å². The largest absolute Gasteiger partial charge is 0.479 e. The Balaban J connectivity index is 2.10. The van der Waals surface area contributed by atoms with Gasteiger partial charge in [0.15, 0.2) is 0 Å². The number of amides is 3. The smallest absolute Gasteiger partial charge is 0.329 e. The molecule has 21 heavy (non-hydrogen) atoms. The second-order valence-corrected chi connectivity index (χ2v) is 5.89. The molecule has 7 nitrogen and oxygen atoms in total. The van der Waals surface area contributed by atoms with Crippen molar-refractivity contribution in [3.8, 4) is 0 Å². The van der Waals surface area contributed by atoms with Gasteiger partial charge in [0, 0.05) is 20.1 Å². The molecule has 0 aromatic carbocycles. The Bertz CT molecular complexity index is 454. The fourth-order valence-corrected chi connectivity index (χ4v) is 3.36. The lowest BCUT2D eigenvalue weighted by atomic mass is 9.91. The Kier molecular flexibility index (Phi) is 4.39. The molecule has 2 atom stereocenters. The first-order valence-corrected chi connectivity index (χ1v) is 7.49. The number of aliphatic carboxylic acids is 1. The van der Waals surface area contributed by atoms with Crippen LogP contribution in [0.4, 0.5) is 4.79 Å². The van der Waals surface area contributed by atoms with Crippen LogP contribution in [0.1, 0.15) is 39.0 Å². The zero-order valence-corrected chi connectivity index (χ0v) is 12.6. The second-order valence-electron chi connectivity index (χ2n) is 5.89. The molecule has 2 fully saturated rings. The van der Waals surface area contributed by atoms with Gasteiger partial charge in [0.05, 0.1) is 0 Å². The standard InChI is InChI=1S/C14H23N3O4/c1-3-6-14(12(19)20)7-4-8-17(14)13(21)15-10-5-9-16(2)11(10)18/h10H,3-9H2,1-2H3,(H,15,21)(H,19,20). The topological polar surface area (TPSA) is 89.9 Å². The summed E-state index contributed by atoms with van der Waals surface area (Å²) in [6, 6.07) is -0.965. The maximum atomic E-state index is 12.4. The van der Waals surface area contributed by atoms with Crippen molar-refractivity contribution < 1.29 is 19.5 Å². The zero-order valence-electron chi connectivity index (χ0n) is 12.6. The normalized spacial score (nSPS) is 29.0. The first-order valence-electron chi connectivity index (χ1n) is 7.49. The van der Waals surface area contributed by atoms with Gasteiger partial charge in [-0.2, -0.15) is 0 Å². The molecule has 3 amide bonds. The first-order chi connectivity index (χ1) is 9.92. The van der Waals surface area contributed by atoms with Crippen LogP contribution in [0.5, 0.6) is 0 Å². The van der Waals surface area contributed by atoms with Crippen molar-refractivity contribution >= 4 is 17.9 Å². The van der Waals surface area contributed by atoms with Gasteiger partial charge in [0.1, 0.15) is 11.6 Å². The molecule has 118 valence electrons. The van der Waals surface area contributed by atoms with Crippen LogP contribution < -0.4 is 5.32 Å². The van der Waals surface area contributed by atoms with Crippen molar-refractivity contribution in [1.29, 1.82) is 0 Å².